The molecule has 2 rings (SSSR count). The maximum absolute atomic E-state index is 12.5. The van der Waals surface area contributed by atoms with Crippen LogP contribution in [0.25, 0.3) is 0 Å². The van der Waals surface area contributed by atoms with Crippen molar-refractivity contribution in [3.8, 4) is 5.75 Å². The zero-order valence-electron chi connectivity index (χ0n) is 16.1. The molecular formula is C19H25BrN4O2. The molecule has 26 heavy (non-hydrogen) atoms. The summed E-state index contributed by atoms with van der Waals surface area (Å²) in [5, 5.41) is 0. The Bertz CT molecular complexity index is 829. The molecule has 7 heteroatoms. The standard InChI is InChI=1S/C19H25BrN4O2/c1-11-16(17(25)24(5)6)14(23-18(21)22-11)10-26-15-8-7-12(9-13(15)20)19(2,3)4/h7-9H,10H2,1-6H3,(H2,21,22,23). The number of aryl methyl sites for hydroxylation is 1. The first-order valence-electron chi connectivity index (χ1n) is 8.28. The minimum Gasteiger partial charge on any atom is -0.486 e. The van der Waals surface area contributed by atoms with E-state index in [1.54, 1.807) is 21.0 Å². The third kappa shape index (κ3) is 4.52. The number of carbonyl (C=O) groups is 1. The van der Waals surface area contributed by atoms with E-state index in [1.807, 2.05) is 18.2 Å². The van der Waals surface area contributed by atoms with Crippen LogP contribution in [0, 0.1) is 6.92 Å². The van der Waals surface area contributed by atoms with Gasteiger partial charge in [0.15, 0.2) is 0 Å². The number of nitrogen functional groups attached to an aromatic ring is 1. The summed E-state index contributed by atoms with van der Waals surface area (Å²) in [6.07, 6.45) is 0. The van der Waals surface area contributed by atoms with Gasteiger partial charge in [-0.2, -0.15) is 0 Å². The number of ether oxygens (including phenoxy) is 1. The molecule has 0 fully saturated rings. The molecule has 1 aromatic heterocycles. The Morgan fingerprint density at radius 2 is 1.92 bits per heavy atom. The Labute approximate surface area is 162 Å². The SMILES string of the molecule is Cc1nc(N)nc(COc2ccc(C(C)(C)C)cc2Br)c1C(=O)N(C)C. The number of hydrogen-bond acceptors (Lipinski definition) is 5. The highest BCUT2D eigenvalue weighted by molar-refractivity contribution is 9.10. The first-order chi connectivity index (χ1) is 12.0. The Kier molecular flexibility index (Phi) is 5.91. The Morgan fingerprint density at radius 3 is 2.46 bits per heavy atom. The summed E-state index contributed by atoms with van der Waals surface area (Å²) in [4.78, 5) is 22.3. The van der Waals surface area contributed by atoms with Crippen molar-refractivity contribution >= 4 is 27.8 Å². The summed E-state index contributed by atoms with van der Waals surface area (Å²) in [7, 11) is 3.37. The van der Waals surface area contributed by atoms with Crippen LogP contribution in [-0.2, 0) is 12.0 Å². The van der Waals surface area contributed by atoms with Crippen molar-refractivity contribution in [1.29, 1.82) is 0 Å². The van der Waals surface area contributed by atoms with Gasteiger partial charge >= 0.3 is 0 Å². The van der Waals surface area contributed by atoms with Gasteiger partial charge in [0.05, 0.1) is 21.4 Å². The average molecular weight is 421 g/mol. The molecule has 1 amide bonds. The molecule has 6 nitrogen and oxygen atoms in total. The second kappa shape index (κ2) is 7.61. The number of carbonyl (C=O) groups excluding carboxylic acids is 1. The predicted octanol–water partition coefficient (Wildman–Crippen LogP) is 3.71. The van der Waals surface area contributed by atoms with E-state index in [0.717, 1.165) is 4.47 Å². The van der Waals surface area contributed by atoms with Crippen molar-refractivity contribution in [3.63, 3.8) is 0 Å². The van der Waals surface area contributed by atoms with Crippen LogP contribution in [0.2, 0.25) is 0 Å². The fourth-order valence-electron chi connectivity index (χ4n) is 2.49. The molecule has 0 unspecified atom stereocenters. The van der Waals surface area contributed by atoms with Crippen LogP contribution >= 0.6 is 15.9 Å². The molecule has 0 saturated heterocycles. The van der Waals surface area contributed by atoms with Gasteiger partial charge in [0.2, 0.25) is 5.95 Å². The highest BCUT2D eigenvalue weighted by Gasteiger charge is 2.21. The normalized spacial score (nSPS) is 11.3. The molecule has 0 aliphatic heterocycles. The number of amides is 1. The summed E-state index contributed by atoms with van der Waals surface area (Å²) in [5.74, 6) is 0.623. The van der Waals surface area contributed by atoms with Crippen LogP contribution in [0.15, 0.2) is 22.7 Å². The second-order valence-corrected chi connectivity index (χ2v) is 8.23. The predicted molar refractivity (Wildman–Crippen MR) is 106 cm³/mol. The van der Waals surface area contributed by atoms with Crippen molar-refractivity contribution in [2.24, 2.45) is 0 Å². The van der Waals surface area contributed by atoms with Gasteiger partial charge in [0.1, 0.15) is 12.4 Å². The van der Waals surface area contributed by atoms with Gasteiger partial charge in [-0.1, -0.05) is 26.8 Å². The van der Waals surface area contributed by atoms with Crippen LogP contribution in [0.1, 0.15) is 48.1 Å². The molecule has 0 bridgehead atoms. The first kappa shape index (κ1) is 20.2. The molecule has 0 saturated carbocycles. The Morgan fingerprint density at radius 1 is 1.27 bits per heavy atom. The molecule has 1 aromatic carbocycles. The largest absolute Gasteiger partial charge is 0.486 e. The molecule has 0 atom stereocenters. The van der Waals surface area contributed by atoms with Gasteiger partial charge in [-0.3, -0.25) is 4.79 Å². The molecule has 140 valence electrons. The van der Waals surface area contributed by atoms with Crippen molar-refractivity contribution in [1.82, 2.24) is 14.9 Å². The smallest absolute Gasteiger partial charge is 0.257 e. The van der Waals surface area contributed by atoms with E-state index >= 15 is 0 Å². The fraction of sp³-hybridized carbons (Fsp3) is 0.421. The highest BCUT2D eigenvalue weighted by Crippen LogP contribution is 2.32. The van der Waals surface area contributed by atoms with Crippen molar-refractivity contribution in [3.05, 3.63) is 45.2 Å². The topological polar surface area (TPSA) is 81.3 Å². The highest BCUT2D eigenvalue weighted by atomic mass is 79.9. The number of aromatic nitrogens is 2. The van der Waals surface area contributed by atoms with Crippen molar-refractivity contribution in [2.75, 3.05) is 19.8 Å². The van der Waals surface area contributed by atoms with Gasteiger partial charge in [-0.15, -0.1) is 0 Å². The Balaban J connectivity index is 2.31. The van der Waals surface area contributed by atoms with Gasteiger partial charge in [-0.05, 0) is 46.0 Å². The molecule has 2 aromatic rings. The number of nitrogens with zero attached hydrogens (tertiary/aromatic N) is 3. The third-order valence-corrected chi connectivity index (χ3v) is 4.58. The third-order valence-electron chi connectivity index (χ3n) is 3.96. The van der Waals surface area contributed by atoms with Crippen LogP contribution in [-0.4, -0.2) is 34.9 Å². The van der Waals surface area contributed by atoms with E-state index in [-0.39, 0.29) is 23.9 Å². The molecule has 2 N–H and O–H groups in total. The van der Waals surface area contributed by atoms with Crippen molar-refractivity contribution < 1.29 is 9.53 Å². The first-order valence-corrected chi connectivity index (χ1v) is 9.07. The maximum Gasteiger partial charge on any atom is 0.257 e. The number of nitrogens with two attached hydrogens (primary N) is 1. The van der Waals surface area contributed by atoms with Gasteiger partial charge in [-0.25, -0.2) is 9.97 Å². The van der Waals surface area contributed by atoms with E-state index in [9.17, 15) is 4.79 Å². The quantitative estimate of drug-likeness (QED) is 0.814. The molecule has 0 spiro atoms. The lowest BCUT2D eigenvalue weighted by Gasteiger charge is -2.20. The van der Waals surface area contributed by atoms with Crippen LogP contribution in [0.3, 0.4) is 0 Å². The Hall–Kier alpha value is -2.15. The van der Waals surface area contributed by atoms with Gasteiger partial charge < -0.3 is 15.4 Å². The lowest BCUT2D eigenvalue weighted by atomic mass is 9.87. The number of benzene rings is 1. The molecular weight excluding hydrogens is 396 g/mol. The van der Waals surface area contributed by atoms with E-state index in [2.05, 4.69) is 46.7 Å². The van der Waals surface area contributed by atoms with Crippen molar-refractivity contribution in [2.45, 2.75) is 39.7 Å². The van der Waals surface area contributed by atoms with Crippen LogP contribution < -0.4 is 10.5 Å². The maximum atomic E-state index is 12.5. The average Bonchev–Trinajstić information content (AvgIpc) is 2.51. The number of halogens is 1. The molecule has 0 radical (unpaired) electrons. The fourth-order valence-corrected chi connectivity index (χ4v) is 2.99. The molecule has 0 aliphatic rings. The van der Waals surface area contributed by atoms with Crippen LogP contribution in [0.4, 0.5) is 5.95 Å². The second-order valence-electron chi connectivity index (χ2n) is 7.37. The van der Waals surface area contributed by atoms with Gasteiger partial charge in [0, 0.05) is 14.1 Å². The lowest BCUT2D eigenvalue weighted by Crippen LogP contribution is -2.26. The number of anilines is 1. The summed E-state index contributed by atoms with van der Waals surface area (Å²) >= 11 is 3.56. The summed E-state index contributed by atoms with van der Waals surface area (Å²) in [5.41, 5.74) is 8.44. The lowest BCUT2D eigenvalue weighted by molar-refractivity contribution is 0.0823. The van der Waals surface area contributed by atoms with Crippen LogP contribution in [0.5, 0.6) is 5.75 Å². The zero-order chi connectivity index (χ0) is 19.6. The number of rotatable bonds is 4. The minimum atomic E-state index is -0.178. The summed E-state index contributed by atoms with van der Waals surface area (Å²) in [6.45, 7) is 8.32. The summed E-state index contributed by atoms with van der Waals surface area (Å²) in [6, 6.07) is 5.99. The van der Waals surface area contributed by atoms with E-state index in [0.29, 0.717) is 22.7 Å². The monoisotopic (exact) mass is 420 g/mol. The van der Waals surface area contributed by atoms with E-state index < -0.39 is 0 Å². The van der Waals surface area contributed by atoms with E-state index in [4.69, 9.17) is 10.5 Å². The molecule has 1 heterocycles. The minimum absolute atomic E-state index is 0.0462. The molecule has 0 aliphatic carbocycles. The number of hydrogen-bond donors (Lipinski definition) is 1. The van der Waals surface area contributed by atoms with Gasteiger partial charge in [0.25, 0.3) is 5.91 Å². The van der Waals surface area contributed by atoms with E-state index in [1.165, 1.54) is 10.5 Å². The summed E-state index contributed by atoms with van der Waals surface area (Å²) < 4.78 is 6.76. The zero-order valence-corrected chi connectivity index (χ0v) is 17.6.